The van der Waals surface area contributed by atoms with E-state index in [9.17, 15) is 15.2 Å². The van der Waals surface area contributed by atoms with Gasteiger partial charge in [0.1, 0.15) is 11.9 Å². The Morgan fingerprint density at radius 2 is 1.86 bits per heavy atom. The lowest BCUT2D eigenvalue weighted by atomic mass is 10.0. The third kappa shape index (κ3) is 3.40. The number of amidine groups is 1. The van der Waals surface area contributed by atoms with E-state index < -0.39 is 10.9 Å². The lowest BCUT2D eigenvalue weighted by molar-refractivity contribution is -0.377. The number of rotatable bonds is 3. The minimum Gasteiger partial charge on any atom is -0.612 e. The highest BCUT2D eigenvalue weighted by Gasteiger charge is 2.32. The summed E-state index contributed by atoms with van der Waals surface area (Å²) >= 11 is 0. The number of nitrogens with one attached hydrogen (secondary N) is 3. The number of H-pyrrole nitrogens is 1. The third-order valence-electron chi connectivity index (χ3n) is 4.22. The minimum absolute atomic E-state index is 0.00178. The van der Waals surface area contributed by atoms with Gasteiger partial charge in [0.15, 0.2) is 11.6 Å². The molecule has 28 heavy (non-hydrogen) atoms. The molecule has 0 spiro atoms. The van der Waals surface area contributed by atoms with Gasteiger partial charge in [0.25, 0.3) is 0 Å². The van der Waals surface area contributed by atoms with Crippen molar-refractivity contribution in [2.24, 2.45) is 4.99 Å². The largest absolute Gasteiger partial charge is 0.612 e. The van der Waals surface area contributed by atoms with Gasteiger partial charge in [-0.2, -0.15) is 10.0 Å². The van der Waals surface area contributed by atoms with Gasteiger partial charge in [0, 0.05) is 24.0 Å². The fourth-order valence-electron chi connectivity index (χ4n) is 2.81. The molecule has 0 bridgehead atoms. The number of Topliss-reactive ketones (excluding diaryl/α,β-unsaturated/α-hetero) is 1. The minimum atomic E-state index is -0.750. The SMILES string of the molecule is O=C1c2cn[nH]c2N=C(Nc2ccccc2)C1NC=C1C=CC(=[N+]([O-])[O-])C=C1. The molecule has 1 aromatic carbocycles. The molecule has 0 amide bonds. The Kier molecular flexibility index (Phi) is 4.47. The molecule has 0 saturated heterocycles. The van der Waals surface area contributed by atoms with Gasteiger partial charge < -0.3 is 21.0 Å². The Hall–Kier alpha value is -4.14. The number of aromatic nitrogens is 2. The molecule has 0 fully saturated rings. The van der Waals surface area contributed by atoms with Crippen molar-refractivity contribution in [3.05, 3.63) is 88.6 Å². The Bertz CT molecular complexity index is 1040. The number of ketones is 1. The van der Waals surface area contributed by atoms with E-state index in [-0.39, 0.29) is 11.5 Å². The van der Waals surface area contributed by atoms with Crippen LogP contribution in [0, 0.1) is 10.4 Å². The maximum atomic E-state index is 12.9. The van der Waals surface area contributed by atoms with Gasteiger partial charge in [-0.25, -0.2) is 4.99 Å². The molecule has 1 aromatic heterocycles. The van der Waals surface area contributed by atoms with Crippen molar-refractivity contribution in [2.45, 2.75) is 6.04 Å². The summed E-state index contributed by atoms with van der Waals surface area (Å²) in [4.78, 5) is 16.9. The standard InChI is InChI=1S/C19H15N6O3/c26-17-15-11-21-24-18(15)23-19(22-13-4-2-1-3-5-13)16(17)20-10-12-6-8-14(9-7-12)25(27)28/h1-11,16,20H,(H2-,21,22,23,24,26,27,28)/q-1. The zero-order valence-corrected chi connectivity index (χ0v) is 14.5. The number of carbonyl (C=O) groups excluding carboxylic acids is 1. The molecule has 1 aliphatic carbocycles. The molecule has 1 unspecified atom stereocenters. The lowest BCUT2D eigenvalue weighted by Crippen LogP contribution is -2.46. The molecule has 2 heterocycles. The van der Waals surface area contributed by atoms with Crippen LogP contribution in [0.4, 0.5) is 11.5 Å². The van der Waals surface area contributed by atoms with Crippen LogP contribution in [0.15, 0.2) is 77.6 Å². The van der Waals surface area contributed by atoms with Gasteiger partial charge in [-0.1, -0.05) is 18.2 Å². The Balaban J connectivity index is 1.60. The van der Waals surface area contributed by atoms with Gasteiger partial charge in [-0.15, -0.1) is 0 Å². The number of anilines is 1. The fraction of sp³-hybridized carbons (Fsp3) is 0.0526. The number of hydrogen-bond acceptors (Lipinski definition) is 7. The summed E-state index contributed by atoms with van der Waals surface area (Å²) in [6.07, 6.45) is 9.08. The number of para-hydroxylation sites is 1. The third-order valence-corrected chi connectivity index (χ3v) is 4.22. The first-order valence-corrected chi connectivity index (χ1v) is 8.44. The summed E-state index contributed by atoms with van der Waals surface area (Å²) in [6.45, 7) is 0. The summed E-state index contributed by atoms with van der Waals surface area (Å²) in [5.41, 5.74) is 1.88. The second-order valence-electron chi connectivity index (χ2n) is 6.08. The van der Waals surface area contributed by atoms with Crippen molar-refractivity contribution in [1.82, 2.24) is 15.5 Å². The number of nitrogens with zero attached hydrogens (tertiary/aromatic N) is 3. The molecule has 2 aromatic rings. The first kappa shape index (κ1) is 17.3. The summed E-state index contributed by atoms with van der Waals surface area (Å²) < 4.78 is 0. The lowest BCUT2D eigenvalue weighted by Gasteiger charge is -2.23. The maximum absolute atomic E-state index is 12.9. The van der Waals surface area contributed by atoms with Gasteiger partial charge in [-0.05, 0) is 29.9 Å². The van der Waals surface area contributed by atoms with Crippen LogP contribution in [0.3, 0.4) is 0 Å². The van der Waals surface area contributed by atoms with E-state index >= 15 is 0 Å². The molecule has 0 saturated carbocycles. The van der Waals surface area contributed by atoms with E-state index in [1.165, 1.54) is 18.3 Å². The molecular weight excluding hydrogens is 360 g/mol. The average molecular weight is 375 g/mol. The van der Waals surface area contributed by atoms with Crippen LogP contribution >= 0.6 is 0 Å². The molecule has 1 atom stereocenters. The zero-order chi connectivity index (χ0) is 19.5. The van der Waals surface area contributed by atoms with Crippen molar-refractivity contribution in [3.8, 4) is 0 Å². The van der Waals surface area contributed by atoms with E-state index in [1.54, 1.807) is 18.4 Å². The molecule has 9 nitrogen and oxygen atoms in total. The quantitative estimate of drug-likeness (QED) is 0.556. The van der Waals surface area contributed by atoms with Crippen LogP contribution < -0.4 is 10.6 Å². The van der Waals surface area contributed by atoms with E-state index in [4.69, 9.17) is 0 Å². The molecule has 9 heteroatoms. The highest BCUT2D eigenvalue weighted by Crippen LogP contribution is 2.24. The number of benzene rings is 1. The maximum Gasteiger partial charge on any atom is 0.222 e. The average Bonchev–Trinajstić information content (AvgIpc) is 3.18. The topological polar surface area (TPSA) is 131 Å². The fourth-order valence-corrected chi connectivity index (χ4v) is 2.81. The van der Waals surface area contributed by atoms with Gasteiger partial charge in [-0.3, -0.25) is 9.89 Å². The van der Waals surface area contributed by atoms with E-state index in [0.29, 0.717) is 22.8 Å². The van der Waals surface area contributed by atoms with Crippen molar-refractivity contribution in [1.29, 1.82) is 0 Å². The number of allylic oxidation sites excluding steroid dienone is 5. The zero-order valence-electron chi connectivity index (χ0n) is 14.5. The van der Waals surface area contributed by atoms with E-state index in [0.717, 1.165) is 5.69 Å². The van der Waals surface area contributed by atoms with Crippen LogP contribution in [-0.2, 0) is 0 Å². The monoisotopic (exact) mass is 375 g/mol. The highest BCUT2D eigenvalue weighted by atomic mass is 16.8. The summed E-state index contributed by atoms with van der Waals surface area (Å²) in [5.74, 6) is 0.637. The van der Waals surface area contributed by atoms with Gasteiger partial charge in [0.05, 0.1) is 11.8 Å². The molecular formula is C19H15N6O3-. The van der Waals surface area contributed by atoms with Crippen LogP contribution in [0.5, 0.6) is 0 Å². The predicted molar refractivity (Wildman–Crippen MR) is 105 cm³/mol. The molecule has 0 radical (unpaired) electrons. The first-order chi connectivity index (χ1) is 13.6. The summed E-state index contributed by atoms with van der Waals surface area (Å²) in [6, 6.07) is 8.63. The van der Waals surface area contributed by atoms with Crippen LogP contribution in [-0.4, -0.2) is 38.5 Å². The normalized spacial score (nSPS) is 17.8. The number of aromatic amines is 1. The number of aliphatic imine (C=N–C) groups is 1. The van der Waals surface area contributed by atoms with Gasteiger partial charge >= 0.3 is 0 Å². The molecule has 1 aliphatic heterocycles. The highest BCUT2D eigenvalue weighted by molar-refractivity contribution is 6.23. The van der Waals surface area contributed by atoms with Crippen molar-refractivity contribution in [2.75, 3.05) is 5.32 Å². The van der Waals surface area contributed by atoms with Crippen LogP contribution in [0.2, 0.25) is 0 Å². The molecule has 140 valence electrons. The molecule has 4 rings (SSSR count). The van der Waals surface area contributed by atoms with E-state index in [1.807, 2.05) is 30.3 Å². The Morgan fingerprint density at radius 3 is 2.57 bits per heavy atom. The number of carbonyl (C=O) groups is 1. The Morgan fingerprint density at radius 1 is 1.11 bits per heavy atom. The first-order valence-electron chi connectivity index (χ1n) is 8.44. The second-order valence-corrected chi connectivity index (χ2v) is 6.08. The summed E-state index contributed by atoms with van der Waals surface area (Å²) in [7, 11) is 0. The van der Waals surface area contributed by atoms with Gasteiger partial charge in [0.2, 0.25) is 5.71 Å². The smallest absolute Gasteiger partial charge is 0.222 e. The second kappa shape index (κ2) is 7.23. The van der Waals surface area contributed by atoms with E-state index in [2.05, 4.69) is 25.8 Å². The Labute approximate surface area is 159 Å². The molecule has 3 N–H and O–H groups in total. The van der Waals surface area contributed by atoms with Crippen molar-refractivity contribution in [3.63, 3.8) is 0 Å². The summed E-state index contributed by atoms with van der Waals surface area (Å²) in [5, 5.41) is 34.4. The van der Waals surface area contributed by atoms with Crippen LogP contribution in [0.1, 0.15) is 10.4 Å². The van der Waals surface area contributed by atoms with Crippen molar-refractivity contribution >= 4 is 28.8 Å². The molecule has 2 aliphatic rings. The number of fused-ring (bicyclic) bond motifs is 1. The number of hydrogen-bond donors (Lipinski definition) is 3. The van der Waals surface area contributed by atoms with Crippen LogP contribution in [0.25, 0.3) is 0 Å². The predicted octanol–water partition coefficient (Wildman–Crippen LogP) is 2.17. The van der Waals surface area contributed by atoms with Crippen molar-refractivity contribution < 1.29 is 9.70 Å².